The van der Waals surface area contributed by atoms with E-state index in [-0.39, 0.29) is 0 Å². The maximum absolute atomic E-state index is 12.1. The average molecular weight is 369 g/mol. The first-order valence-electron chi connectivity index (χ1n) is 8.21. The number of anilines is 1. The highest BCUT2D eigenvalue weighted by molar-refractivity contribution is 6.40. The van der Waals surface area contributed by atoms with E-state index in [2.05, 4.69) is 25.8 Å². The Morgan fingerprint density at radius 2 is 1.93 bits per heavy atom. The molecule has 2 aromatic heterocycles. The predicted octanol–water partition coefficient (Wildman–Crippen LogP) is 1.27. The van der Waals surface area contributed by atoms with Gasteiger partial charge in [0.2, 0.25) is 0 Å². The van der Waals surface area contributed by atoms with Crippen LogP contribution in [0.15, 0.2) is 36.5 Å². The number of benzene rings is 1. The van der Waals surface area contributed by atoms with Crippen molar-refractivity contribution >= 4 is 28.7 Å². The number of methoxy groups -OCH3 is 2. The third kappa shape index (κ3) is 4.14. The minimum Gasteiger partial charge on any atom is -0.493 e. The van der Waals surface area contributed by atoms with Crippen LogP contribution in [0.4, 0.5) is 5.82 Å². The van der Waals surface area contributed by atoms with Gasteiger partial charge in [-0.25, -0.2) is 4.98 Å². The highest BCUT2D eigenvalue weighted by Gasteiger charge is 2.16. The molecule has 0 spiro atoms. The van der Waals surface area contributed by atoms with E-state index in [0.717, 1.165) is 5.56 Å². The van der Waals surface area contributed by atoms with Crippen LogP contribution in [0.2, 0.25) is 0 Å². The molecule has 0 atom stereocenters. The molecule has 0 radical (unpaired) electrons. The van der Waals surface area contributed by atoms with Gasteiger partial charge in [-0.2, -0.15) is 5.10 Å². The minimum absolute atomic E-state index is 0.299. The van der Waals surface area contributed by atoms with Crippen molar-refractivity contribution in [2.45, 2.75) is 6.42 Å². The van der Waals surface area contributed by atoms with E-state index in [9.17, 15) is 9.59 Å². The number of ether oxygens (including phenoxy) is 2. The van der Waals surface area contributed by atoms with Gasteiger partial charge < -0.3 is 20.1 Å². The first-order chi connectivity index (χ1) is 13.1. The normalized spacial score (nSPS) is 10.4. The van der Waals surface area contributed by atoms with Gasteiger partial charge in [-0.1, -0.05) is 6.07 Å². The maximum Gasteiger partial charge on any atom is 0.314 e. The Morgan fingerprint density at radius 1 is 1.11 bits per heavy atom. The van der Waals surface area contributed by atoms with Crippen LogP contribution in [0.25, 0.3) is 11.0 Å². The maximum atomic E-state index is 12.1. The van der Waals surface area contributed by atoms with Gasteiger partial charge in [-0.05, 0) is 36.2 Å². The Kier molecular flexibility index (Phi) is 5.50. The lowest BCUT2D eigenvalue weighted by molar-refractivity contribution is -0.136. The summed E-state index contributed by atoms with van der Waals surface area (Å²) in [7, 11) is 3.12. The predicted molar refractivity (Wildman–Crippen MR) is 98.8 cm³/mol. The molecule has 1 aromatic carbocycles. The summed E-state index contributed by atoms with van der Waals surface area (Å²) in [5, 5.41) is 12.3. The van der Waals surface area contributed by atoms with Gasteiger partial charge in [0.25, 0.3) is 0 Å². The van der Waals surface area contributed by atoms with Crippen molar-refractivity contribution in [1.82, 2.24) is 20.5 Å². The summed E-state index contributed by atoms with van der Waals surface area (Å²) in [4.78, 5) is 28.1. The lowest BCUT2D eigenvalue weighted by atomic mass is 10.1. The van der Waals surface area contributed by atoms with Gasteiger partial charge in [0, 0.05) is 12.7 Å². The molecule has 27 heavy (non-hydrogen) atoms. The second-order valence-corrected chi connectivity index (χ2v) is 5.62. The number of amides is 2. The molecule has 0 aliphatic rings. The summed E-state index contributed by atoms with van der Waals surface area (Å²) >= 11 is 0. The quantitative estimate of drug-likeness (QED) is 0.563. The van der Waals surface area contributed by atoms with Crippen molar-refractivity contribution in [3.63, 3.8) is 0 Å². The molecule has 3 rings (SSSR count). The van der Waals surface area contributed by atoms with E-state index < -0.39 is 11.8 Å². The molecule has 0 saturated heterocycles. The molecule has 0 unspecified atom stereocenters. The lowest BCUT2D eigenvalue weighted by Gasteiger charge is -2.10. The van der Waals surface area contributed by atoms with Crippen molar-refractivity contribution in [3.8, 4) is 11.5 Å². The Hall–Kier alpha value is -3.62. The summed E-state index contributed by atoms with van der Waals surface area (Å²) in [5.74, 6) is 0.0571. The van der Waals surface area contributed by atoms with Crippen LogP contribution in [0, 0.1) is 0 Å². The first-order valence-corrected chi connectivity index (χ1v) is 8.21. The van der Waals surface area contributed by atoms with Gasteiger partial charge in [-0.15, -0.1) is 0 Å². The number of fused-ring (bicyclic) bond motifs is 1. The van der Waals surface area contributed by atoms with E-state index in [0.29, 0.717) is 41.3 Å². The van der Waals surface area contributed by atoms with E-state index in [1.807, 2.05) is 12.1 Å². The first kappa shape index (κ1) is 18.2. The smallest absolute Gasteiger partial charge is 0.314 e. The van der Waals surface area contributed by atoms with E-state index in [1.165, 1.54) is 0 Å². The molecular weight excluding hydrogens is 350 g/mol. The molecule has 9 heteroatoms. The monoisotopic (exact) mass is 369 g/mol. The van der Waals surface area contributed by atoms with Gasteiger partial charge >= 0.3 is 11.8 Å². The number of nitrogens with zero attached hydrogens (tertiary/aromatic N) is 2. The molecule has 0 aliphatic heterocycles. The van der Waals surface area contributed by atoms with E-state index >= 15 is 0 Å². The fourth-order valence-corrected chi connectivity index (χ4v) is 2.55. The average Bonchev–Trinajstić information content (AvgIpc) is 3.10. The summed E-state index contributed by atoms with van der Waals surface area (Å²) in [6.45, 7) is 0.299. The molecule has 0 bridgehead atoms. The molecule has 0 saturated carbocycles. The third-order valence-corrected chi connectivity index (χ3v) is 3.92. The number of hydrogen-bond donors (Lipinski definition) is 3. The largest absolute Gasteiger partial charge is 0.493 e. The Labute approximate surface area is 155 Å². The number of carbonyl (C=O) groups excluding carboxylic acids is 2. The van der Waals surface area contributed by atoms with Crippen LogP contribution in [0.5, 0.6) is 11.5 Å². The van der Waals surface area contributed by atoms with Crippen molar-refractivity contribution in [3.05, 3.63) is 42.1 Å². The number of aromatic nitrogens is 3. The van der Waals surface area contributed by atoms with Crippen LogP contribution in [0.1, 0.15) is 5.56 Å². The van der Waals surface area contributed by atoms with Crippen molar-refractivity contribution in [1.29, 1.82) is 0 Å². The second-order valence-electron chi connectivity index (χ2n) is 5.62. The number of carbonyl (C=O) groups is 2. The highest BCUT2D eigenvalue weighted by Crippen LogP contribution is 2.27. The second kappa shape index (κ2) is 8.17. The van der Waals surface area contributed by atoms with Crippen LogP contribution < -0.4 is 20.1 Å². The molecule has 2 heterocycles. The molecule has 3 N–H and O–H groups in total. The highest BCUT2D eigenvalue weighted by atomic mass is 16.5. The zero-order chi connectivity index (χ0) is 19.2. The summed E-state index contributed by atoms with van der Waals surface area (Å²) in [5.41, 5.74) is 1.40. The molecule has 9 nitrogen and oxygen atoms in total. The van der Waals surface area contributed by atoms with Crippen LogP contribution >= 0.6 is 0 Å². The fourth-order valence-electron chi connectivity index (χ4n) is 2.55. The van der Waals surface area contributed by atoms with Crippen molar-refractivity contribution < 1.29 is 19.1 Å². The van der Waals surface area contributed by atoms with Crippen LogP contribution in [0.3, 0.4) is 0 Å². The zero-order valence-corrected chi connectivity index (χ0v) is 14.9. The third-order valence-electron chi connectivity index (χ3n) is 3.92. The number of pyridine rings is 1. The van der Waals surface area contributed by atoms with Gasteiger partial charge in [-0.3, -0.25) is 14.7 Å². The molecular formula is C18H19N5O4. The summed E-state index contributed by atoms with van der Waals surface area (Å²) in [6.07, 6.45) is 2.13. The van der Waals surface area contributed by atoms with Crippen LogP contribution in [-0.4, -0.2) is 47.8 Å². The molecule has 3 aromatic rings. The summed E-state index contributed by atoms with van der Waals surface area (Å²) in [6, 6.07) is 8.96. The summed E-state index contributed by atoms with van der Waals surface area (Å²) < 4.78 is 10.4. The number of rotatable bonds is 6. The Bertz CT molecular complexity index is 969. The number of H-pyrrole nitrogens is 1. The van der Waals surface area contributed by atoms with E-state index in [1.54, 1.807) is 38.6 Å². The number of hydrogen-bond acceptors (Lipinski definition) is 6. The number of aromatic amines is 1. The van der Waals surface area contributed by atoms with Gasteiger partial charge in [0.15, 0.2) is 17.1 Å². The topological polar surface area (TPSA) is 118 Å². The fraction of sp³-hybridized carbons (Fsp3) is 0.222. The molecule has 2 amide bonds. The zero-order valence-electron chi connectivity index (χ0n) is 14.9. The van der Waals surface area contributed by atoms with Crippen molar-refractivity contribution in [2.75, 3.05) is 26.1 Å². The number of nitrogens with one attached hydrogen (secondary N) is 3. The van der Waals surface area contributed by atoms with Crippen LogP contribution in [-0.2, 0) is 16.0 Å². The Balaban J connectivity index is 1.54. The van der Waals surface area contributed by atoms with E-state index in [4.69, 9.17) is 9.47 Å². The molecule has 0 fully saturated rings. The van der Waals surface area contributed by atoms with Gasteiger partial charge in [0.1, 0.15) is 5.82 Å². The molecule has 140 valence electrons. The Morgan fingerprint density at radius 3 is 2.70 bits per heavy atom. The minimum atomic E-state index is -0.781. The lowest BCUT2D eigenvalue weighted by Crippen LogP contribution is -2.36. The van der Waals surface area contributed by atoms with Gasteiger partial charge in [0.05, 0.1) is 19.6 Å². The standard InChI is InChI=1S/C18H19N5O4/c1-26-13-6-5-11(10-14(13)27-2)7-9-20-17(24)18(25)21-16-12-4-3-8-19-15(12)22-23-16/h3-6,8,10H,7,9H2,1-2H3,(H,20,24)(H2,19,21,22,23,25). The van der Waals surface area contributed by atoms with Crippen molar-refractivity contribution in [2.24, 2.45) is 0 Å². The SMILES string of the molecule is COc1ccc(CCNC(=O)C(=O)Nc2[nH]nc3ncccc23)cc1OC. The molecule has 0 aliphatic carbocycles.